The van der Waals surface area contributed by atoms with Crippen molar-refractivity contribution in [3.05, 3.63) is 0 Å². The smallest absolute Gasteiger partial charge is 0.315 e. The Kier molecular flexibility index (Phi) is 5.85. The fourth-order valence-corrected chi connectivity index (χ4v) is 1.07. The summed E-state index contributed by atoms with van der Waals surface area (Å²) in [6.07, 6.45) is 1.35. The van der Waals surface area contributed by atoms with Gasteiger partial charge in [0.05, 0.1) is 0 Å². The Balaban J connectivity index is 3.91. The summed E-state index contributed by atoms with van der Waals surface area (Å²) in [5.41, 5.74) is -0.239. The molecule has 0 rings (SSSR count). The van der Waals surface area contributed by atoms with Crippen molar-refractivity contribution in [2.45, 2.75) is 58.5 Å². The zero-order valence-electron chi connectivity index (χ0n) is 10.5. The summed E-state index contributed by atoms with van der Waals surface area (Å²) in [7, 11) is 0. The molecule has 0 spiro atoms. The molecule has 0 aromatic heterocycles. The largest absolute Gasteiger partial charge is 0.481 e. The van der Waals surface area contributed by atoms with Crippen LogP contribution in [-0.4, -0.2) is 28.7 Å². The number of urea groups is 1. The van der Waals surface area contributed by atoms with E-state index in [1.165, 1.54) is 0 Å². The van der Waals surface area contributed by atoms with Gasteiger partial charge in [-0.15, -0.1) is 0 Å². The van der Waals surface area contributed by atoms with Gasteiger partial charge in [0.15, 0.2) is 0 Å². The quantitative estimate of drug-likeness (QED) is 0.650. The van der Waals surface area contributed by atoms with Crippen molar-refractivity contribution >= 4 is 12.0 Å². The fraction of sp³-hybridized carbons (Fsp3) is 0.818. The summed E-state index contributed by atoms with van der Waals surface area (Å²) in [4.78, 5) is 21.8. The predicted molar refractivity (Wildman–Crippen MR) is 62.4 cm³/mol. The number of carbonyl (C=O) groups excluding carboxylic acids is 1. The van der Waals surface area contributed by atoms with Gasteiger partial charge in [-0.2, -0.15) is 0 Å². The molecule has 0 saturated carbocycles. The first-order valence-corrected chi connectivity index (χ1v) is 5.57. The maximum atomic E-state index is 11.5. The SMILES string of the molecule is CCC(C)(C)NC(=O)NC(C)CCC(=O)O. The van der Waals surface area contributed by atoms with Crippen LogP contribution in [0.15, 0.2) is 0 Å². The number of hydrogen-bond acceptors (Lipinski definition) is 2. The summed E-state index contributed by atoms with van der Waals surface area (Å²) < 4.78 is 0. The number of carbonyl (C=O) groups is 2. The third-order valence-electron chi connectivity index (χ3n) is 2.50. The highest BCUT2D eigenvalue weighted by Gasteiger charge is 2.18. The van der Waals surface area contributed by atoms with Gasteiger partial charge in [-0.25, -0.2) is 4.79 Å². The average Bonchev–Trinajstić information content (AvgIpc) is 2.13. The normalized spacial score (nSPS) is 13.0. The molecule has 5 heteroatoms. The van der Waals surface area contributed by atoms with Crippen LogP contribution in [0.25, 0.3) is 0 Å². The molecule has 2 amide bonds. The Morgan fingerprint density at radius 2 is 1.94 bits per heavy atom. The van der Waals surface area contributed by atoms with Gasteiger partial charge in [0, 0.05) is 18.0 Å². The molecule has 0 aliphatic rings. The molecule has 0 bridgehead atoms. The van der Waals surface area contributed by atoms with E-state index in [2.05, 4.69) is 10.6 Å². The van der Waals surface area contributed by atoms with Gasteiger partial charge >= 0.3 is 12.0 Å². The second-order valence-electron chi connectivity index (χ2n) is 4.67. The van der Waals surface area contributed by atoms with Crippen molar-refractivity contribution in [3.8, 4) is 0 Å². The Bertz CT molecular complexity index is 252. The number of aliphatic carboxylic acids is 1. The Labute approximate surface area is 96.6 Å². The van der Waals surface area contributed by atoms with E-state index in [1.807, 2.05) is 20.8 Å². The molecule has 16 heavy (non-hydrogen) atoms. The summed E-state index contributed by atoms with van der Waals surface area (Å²) in [5.74, 6) is -0.844. The molecule has 0 aliphatic carbocycles. The second-order valence-corrected chi connectivity index (χ2v) is 4.67. The number of carboxylic acid groups (broad SMARTS) is 1. The van der Waals surface area contributed by atoms with Crippen molar-refractivity contribution in [1.82, 2.24) is 10.6 Å². The number of amides is 2. The van der Waals surface area contributed by atoms with Crippen LogP contribution in [0, 0.1) is 0 Å². The lowest BCUT2D eigenvalue weighted by atomic mass is 10.0. The van der Waals surface area contributed by atoms with E-state index in [1.54, 1.807) is 6.92 Å². The van der Waals surface area contributed by atoms with Gasteiger partial charge in [-0.1, -0.05) is 6.92 Å². The molecular formula is C11H22N2O3. The lowest BCUT2D eigenvalue weighted by molar-refractivity contribution is -0.137. The van der Waals surface area contributed by atoms with E-state index in [-0.39, 0.29) is 24.0 Å². The Hall–Kier alpha value is -1.26. The van der Waals surface area contributed by atoms with Crippen LogP contribution in [0.5, 0.6) is 0 Å². The average molecular weight is 230 g/mol. The molecule has 0 aromatic rings. The van der Waals surface area contributed by atoms with E-state index >= 15 is 0 Å². The first-order chi connectivity index (χ1) is 7.26. The van der Waals surface area contributed by atoms with E-state index < -0.39 is 5.97 Å². The minimum absolute atomic E-state index is 0.0681. The third-order valence-corrected chi connectivity index (χ3v) is 2.50. The molecule has 5 nitrogen and oxygen atoms in total. The molecular weight excluding hydrogens is 208 g/mol. The number of rotatable bonds is 6. The molecule has 1 unspecified atom stereocenters. The Morgan fingerprint density at radius 1 is 1.38 bits per heavy atom. The molecule has 94 valence electrons. The van der Waals surface area contributed by atoms with Crippen molar-refractivity contribution in [2.24, 2.45) is 0 Å². The first-order valence-electron chi connectivity index (χ1n) is 5.57. The highest BCUT2D eigenvalue weighted by atomic mass is 16.4. The van der Waals surface area contributed by atoms with E-state index in [9.17, 15) is 9.59 Å². The summed E-state index contributed by atoms with van der Waals surface area (Å²) in [6.45, 7) is 7.67. The van der Waals surface area contributed by atoms with Gasteiger partial charge < -0.3 is 15.7 Å². The van der Waals surface area contributed by atoms with Crippen LogP contribution >= 0.6 is 0 Å². The zero-order valence-corrected chi connectivity index (χ0v) is 10.5. The molecule has 0 heterocycles. The van der Waals surface area contributed by atoms with Crippen LogP contribution < -0.4 is 10.6 Å². The van der Waals surface area contributed by atoms with Gasteiger partial charge in [0.1, 0.15) is 0 Å². The predicted octanol–water partition coefficient (Wildman–Crippen LogP) is 1.73. The van der Waals surface area contributed by atoms with Crippen molar-refractivity contribution < 1.29 is 14.7 Å². The van der Waals surface area contributed by atoms with Gasteiger partial charge in [-0.3, -0.25) is 4.79 Å². The molecule has 0 radical (unpaired) electrons. The number of nitrogens with one attached hydrogen (secondary N) is 2. The highest BCUT2D eigenvalue weighted by molar-refractivity contribution is 5.75. The molecule has 3 N–H and O–H groups in total. The third kappa shape index (κ3) is 7.09. The monoisotopic (exact) mass is 230 g/mol. The van der Waals surface area contributed by atoms with Crippen LogP contribution in [0.1, 0.15) is 47.0 Å². The van der Waals surface area contributed by atoms with E-state index in [0.29, 0.717) is 6.42 Å². The van der Waals surface area contributed by atoms with Crippen LogP contribution in [0.4, 0.5) is 4.79 Å². The molecule has 0 aliphatic heterocycles. The van der Waals surface area contributed by atoms with Crippen LogP contribution in [0.3, 0.4) is 0 Å². The molecule has 1 atom stereocenters. The van der Waals surface area contributed by atoms with Gasteiger partial charge in [0.2, 0.25) is 0 Å². The van der Waals surface area contributed by atoms with Crippen molar-refractivity contribution in [1.29, 1.82) is 0 Å². The number of hydrogen-bond donors (Lipinski definition) is 3. The molecule has 0 fully saturated rings. The lowest BCUT2D eigenvalue weighted by Crippen LogP contribution is -2.50. The Morgan fingerprint density at radius 3 is 2.38 bits per heavy atom. The zero-order chi connectivity index (χ0) is 12.8. The highest BCUT2D eigenvalue weighted by Crippen LogP contribution is 2.06. The topological polar surface area (TPSA) is 78.4 Å². The number of carboxylic acids is 1. The summed E-state index contributed by atoms with van der Waals surface area (Å²) in [5, 5.41) is 14.0. The van der Waals surface area contributed by atoms with Gasteiger partial charge in [0.25, 0.3) is 0 Å². The summed E-state index contributed by atoms with van der Waals surface area (Å²) >= 11 is 0. The minimum Gasteiger partial charge on any atom is -0.481 e. The molecule has 0 saturated heterocycles. The first kappa shape index (κ1) is 14.7. The van der Waals surface area contributed by atoms with Crippen LogP contribution in [0.2, 0.25) is 0 Å². The standard InChI is InChI=1S/C11H22N2O3/c1-5-11(3,4)13-10(16)12-8(2)6-7-9(14)15/h8H,5-7H2,1-4H3,(H,14,15)(H2,12,13,16). The van der Waals surface area contributed by atoms with E-state index in [4.69, 9.17) is 5.11 Å². The van der Waals surface area contributed by atoms with Crippen LogP contribution in [-0.2, 0) is 4.79 Å². The second kappa shape index (κ2) is 6.35. The molecule has 0 aromatic carbocycles. The minimum atomic E-state index is -0.844. The van der Waals surface area contributed by atoms with Crippen molar-refractivity contribution in [2.75, 3.05) is 0 Å². The lowest BCUT2D eigenvalue weighted by Gasteiger charge is -2.25. The van der Waals surface area contributed by atoms with E-state index in [0.717, 1.165) is 6.42 Å². The van der Waals surface area contributed by atoms with Gasteiger partial charge in [-0.05, 0) is 33.6 Å². The fourth-order valence-electron chi connectivity index (χ4n) is 1.07. The summed E-state index contributed by atoms with van der Waals surface area (Å²) in [6, 6.07) is -0.381. The maximum Gasteiger partial charge on any atom is 0.315 e. The maximum absolute atomic E-state index is 11.5. The van der Waals surface area contributed by atoms with Crippen molar-refractivity contribution in [3.63, 3.8) is 0 Å².